The highest BCUT2D eigenvalue weighted by Crippen LogP contribution is 2.25. The highest BCUT2D eigenvalue weighted by Gasteiger charge is 2.20. The summed E-state index contributed by atoms with van der Waals surface area (Å²) in [5.74, 6) is -1.60. The van der Waals surface area contributed by atoms with Gasteiger partial charge in [-0.25, -0.2) is 13.8 Å². The Hall–Kier alpha value is -2.78. The lowest BCUT2D eigenvalue weighted by atomic mass is 9.93. The van der Waals surface area contributed by atoms with Crippen LogP contribution in [0.2, 0.25) is 0 Å². The SMILES string of the molecule is Cl.Cn1c(=O)c(Oc2ccc(F)cc2F)cc2cnc(NC3CCC(O)CC3)nc21. The van der Waals surface area contributed by atoms with Crippen LogP contribution in [0.3, 0.4) is 0 Å². The fraction of sp³-hybridized carbons (Fsp3) is 0.350. The molecular formula is C20H21ClF2N4O3. The van der Waals surface area contributed by atoms with Crippen LogP contribution in [-0.2, 0) is 7.05 Å². The fourth-order valence-electron chi connectivity index (χ4n) is 3.44. The number of fused-ring (bicyclic) bond motifs is 1. The van der Waals surface area contributed by atoms with E-state index in [1.54, 1.807) is 6.20 Å². The van der Waals surface area contributed by atoms with Gasteiger partial charge in [0.15, 0.2) is 17.3 Å². The minimum atomic E-state index is -0.902. The number of aliphatic hydroxyl groups is 1. The molecule has 0 atom stereocenters. The van der Waals surface area contributed by atoms with Gasteiger partial charge in [0.25, 0.3) is 5.56 Å². The maximum absolute atomic E-state index is 13.9. The van der Waals surface area contributed by atoms with Gasteiger partial charge >= 0.3 is 0 Å². The quantitative estimate of drug-likeness (QED) is 0.647. The largest absolute Gasteiger partial charge is 0.448 e. The number of aryl methyl sites for hydroxylation is 1. The van der Waals surface area contributed by atoms with E-state index in [0.717, 1.165) is 37.8 Å². The van der Waals surface area contributed by atoms with E-state index in [2.05, 4.69) is 15.3 Å². The molecule has 1 aromatic carbocycles. The third-order valence-corrected chi connectivity index (χ3v) is 5.06. The zero-order valence-corrected chi connectivity index (χ0v) is 17.0. The summed E-state index contributed by atoms with van der Waals surface area (Å²) in [5, 5.41) is 13.4. The molecule has 3 aromatic rings. The van der Waals surface area contributed by atoms with E-state index in [0.29, 0.717) is 23.0 Å². The molecule has 0 aliphatic heterocycles. The molecule has 30 heavy (non-hydrogen) atoms. The van der Waals surface area contributed by atoms with Gasteiger partial charge in [0, 0.05) is 30.7 Å². The van der Waals surface area contributed by atoms with Crippen LogP contribution in [0.15, 0.2) is 35.3 Å². The predicted octanol–water partition coefficient (Wildman–Crippen LogP) is 3.54. The molecule has 0 bridgehead atoms. The number of hydrogen-bond acceptors (Lipinski definition) is 6. The summed E-state index contributed by atoms with van der Waals surface area (Å²) in [6.45, 7) is 0. The lowest BCUT2D eigenvalue weighted by Crippen LogP contribution is -2.29. The second kappa shape index (κ2) is 8.93. The number of rotatable bonds is 4. The fourth-order valence-corrected chi connectivity index (χ4v) is 3.44. The lowest BCUT2D eigenvalue weighted by Gasteiger charge is -2.26. The average molecular weight is 439 g/mol. The molecule has 1 saturated carbocycles. The van der Waals surface area contributed by atoms with Gasteiger partial charge in [0.1, 0.15) is 11.5 Å². The van der Waals surface area contributed by atoms with Gasteiger partial charge < -0.3 is 15.2 Å². The highest BCUT2D eigenvalue weighted by atomic mass is 35.5. The number of pyridine rings is 1. The van der Waals surface area contributed by atoms with Crippen LogP contribution >= 0.6 is 12.4 Å². The molecule has 1 aliphatic rings. The molecule has 4 rings (SSSR count). The zero-order chi connectivity index (χ0) is 20.5. The second-order valence-corrected chi connectivity index (χ2v) is 7.17. The van der Waals surface area contributed by atoms with Gasteiger partial charge in [0.2, 0.25) is 5.95 Å². The van der Waals surface area contributed by atoms with Crippen molar-refractivity contribution in [1.82, 2.24) is 14.5 Å². The van der Waals surface area contributed by atoms with Gasteiger partial charge in [-0.2, -0.15) is 4.98 Å². The number of benzene rings is 1. The summed E-state index contributed by atoms with van der Waals surface area (Å²) in [7, 11) is 1.53. The van der Waals surface area contributed by atoms with Crippen molar-refractivity contribution >= 4 is 29.4 Å². The van der Waals surface area contributed by atoms with Crippen molar-refractivity contribution in [2.45, 2.75) is 37.8 Å². The van der Waals surface area contributed by atoms with Crippen LogP contribution in [0.5, 0.6) is 11.5 Å². The molecule has 2 heterocycles. The lowest BCUT2D eigenvalue weighted by molar-refractivity contribution is 0.126. The number of halogens is 3. The molecule has 7 nitrogen and oxygen atoms in total. The highest BCUT2D eigenvalue weighted by molar-refractivity contribution is 5.85. The zero-order valence-electron chi connectivity index (χ0n) is 16.1. The first-order valence-corrected chi connectivity index (χ1v) is 9.35. The molecule has 2 aromatic heterocycles. The minimum Gasteiger partial charge on any atom is -0.448 e. The third-order valence-electron chi connectivity index (χ3n) is 5.06. The number of ether oxygens (including phenoxy) is 1. The van der Waals surface area contributed by atoms with Crippen molar-refractivity contribution in [3.8, 4) is 11.5 Å². The van der Waals surface area contributed by atoms with E-state index >= 15 is 0 Å². The Bertz CT molecular complexity index is 1120. The van der Waals surface area contributed by atoms with E-state index in [4.69, 9.17) is 4.74 Å². The van der Waals surface area contributed by atoms with Crippen LogP contribution < -0.4 is 15.6 Å². The molecule has 0 amide bonds. The number of aromatic nitrogens is 3. The Labute approximate surface area is 177 Å². The van der Waals surface area contributed by atoms with Crippen LogP contribution in [0.4, 0.5) is 14.7 Å². The molecule has 0 saturated heterocycles. The third kappa shape index (κ3) is 4.52. The van der Waals surface area contributed by atoms with Crippen LogP contribution in [0, 0.1) is 11.6 Å². The molecule has 160 valence electrons. The van der Waals surface area contributed by atoms with Crippen molar-refractivity contribution in [1.29, 1.82) is 0 Å². The van der Waals surface area contributed by atoms with Crippen molar-refractivity contribution in [2.24, 2.45) is 7.05 Å². The Morgan fingerprint density at radius 2 is 1.90 bits per heavy atom. The van der Waals surface area contributed by atoms with Gasteiger partial charge in [-0.05, 0) is 43.9 Å². The number of hydrogen-bond donors (Lipinski definition) is 2. The number of nitrogens with zero attached hydrogens (tertiary/aromatic N) is 3. The van der Waals surface area contributed by atoms with Crippen molar-refractivity contribution in [3.05, 3.63) is 52.5 Å². The van der Waals surface area contributed by atoms with Crippen molar-refractivity contribution in [3.63, 3.8) is 0 Å². The summed E-state index contributed by atoms with van der Waals surface area (Å²) < 4.78 is 33.6. The molecule has 0 unspecified atom stereocenters. The van der Waals surface area contributed by atoms with E-state index in [1.807, 2.05) is 0 Å². The van der Waals surface area contributed by atoms with Gasteiger partial charge in [0.05, 0.1) is 6.10 Å². The normalized spacial score (nSPS) is 18.7. The van der Waals surface area contributed by atoms with Crippen LogP contribution in [-0.4, -0.2) is 31.8 Å². The standard InChI is InChI=1S/C20H20F2N4O3.ClH/c1-26-18-11(10-23-20(25-18)24-13-3-5-14(27)6-4-13)8-17(19(26)28)29-16-7-2-12(21)9-15(16)22;/h2,7-10,13-14,27H,3-6H2,1H3,(H,23,24,25);1H. The summed E-state index contributed by atoms with van der Waals surface area (Å²) in [6, 6.07) is 4.46. The van der Waals surface area contributed by atoms with E-state index in [1.165, 1.54) is 17.7 Å². The monoisotopic (exact) mass is 438 g/mol. The number of anilines is 1. The Balaban J connectivity index is 0.00000256. The van der Waals surface area contributed by atoms with Gasteiger partial charge in [-0.15, -0.1) is 12.4 Å². The molecular weight excluding hydrogens is 418 g/mol. The van der Waals surface area contributed by atoms with Crippen molar-refractivity contribution in [2.75, 3.05) is 5.32 Å². The smallest absolute Gasteiger partial charge is 0.294 e. The van der Waals surface area contributed by atoms with Crippen LogP contribution in [0.1, 0.15) is 25.7 Å². The maximum Gasteiger partial charge on any atom is 0.294 e. The summed E-state index contributed by atoms with van der Waals surface area (Å²) >= 11 is 0. The Morgan fingerprint density at radius 3 is 2.60 bits per heavy atom. The first-order chi connectivity index (χ1) is 13.9. The summed E-state index contributed by atoms with van der Waals surface area (Å²) in [6.07, 6.45) is 4.38. The first-order valence-electron chi connectivity index (χ1n) is 9.35. The maximum atomic E-state index is 13.9. The topological polar surface area (TPSA) is 89.3 Å². The Kier molecular flexibility index (Phi) is 6.52. The van der Waals surface area contributed by atoms with E-state index in [-0.39, 0.29) is 36.1 Å². The van der Waals surface area contributed by atoms with Crippen LogP contribution in [0.25, 0.3) is 11.0 Å². The predicted molar refractivity (Wildman–Crippen MR) is 110 cm³/mol. The minimum absolute atomic E-state index is 0. The van der Waals surface area contributed by atoms with E-state index < -0.39 is 17.2 Å². The summed E-state index contributed by atoms with van der Waals surface area (Å²) in [5.41, 5.74) is -0.109. The second-order valence-electron chi connectivity index (χ2n) is 7.17. The first kappa shape index (κ1) is 21.9. The molecule has 0 spiro atoms. The van der Waals surface area contributed by atoms with E-state index in [9.17, 15) is 18.7 Å². The molecule has 0 radical (unpaired) electrons. The van der Waals surface area contributed by atoms with Gasteiger partial charge in [-0.1, -0.05) is 0 Å². The molecule has 2 N–H and O–H groups in total. The Morgan fingerprint density at radius 1 is 1.17 bits per heavy atom. The number of aliphatic hydroxyl groups excluding tert-OH is 1. The van der Waals surface area contributed by atoms with Gasteiger partial charge in [-0.3, -0.25) is 9.36 Å². The average Bonchev–Trinajstić information content (AvgIpc) is 2.70. The molecule has 10 heteroatoms. The number of nitrogens with one attached hydrogen (secondary N) is 1. The molecule has 1 fully saturated rings. The van der Waals surface area contributed by atoms with Crippen molar-refractivity contribution < 1.29 is 18.6 Å². The molecule has 1 aliphatic carbocycles. The summed E-state index contributed by atoms with van der Waals surface area (Å²) in [4.78, 5) is 21.3.